The summed E-state index contributed by atoms with van der Waals surface area (Å²) in [6.07, 6.45) is 3.44. The molecule has 1 heterocycles. The van der Waals surface area contributed by atoms with Gasteiger partial charge >= 0.3 is 0 Å². The topological polar surface area (TPSA) is 85.1 Å². The molecule has 0 aliphatic heterocycles. The molecular weight excluding hydrogens is 278 g/mol. The first-order chi connectivity index (χ1) is 7.97. The SMILES string of the molecule is NS(=O)(=O)CCSC(=S)NCc1cccnc1. The minimum Gasteiger partial charge on any atom is -0.367 e. The highest BCUT2D eigenvalue weighted by molar-refractivity contribution is 8.23. The van der Waals surface area contributed by atoms with Gasteiger partial charge in [0.1, 0.15) is 4.32 Å². The molecule has 1 aromatic rings. The summed E-state index contributed by atoms with van der Waals surface area (Å²) in [7, 11) is -3.41. The molecule has 1 aromatic heterocycles. The van der Waals surface area contributed by atoms with Gasteiger partial charge in [-0.3, -0.25) is 4.98 Å². The molecule has 0 spiro atoms. The molecule has 1 rings (SSSR count). The van der Waals surface area contributed by atoms with Crippen LogP contribution in [0.3, 0.4) is 0 Å². The average Bonchev–Trinajstić information content (AvgIpc) is 2.26. The average molecular weight is 291 g/mol. The minimum absolute atomic E-state index is 0.0770. The molecule has 0 atom stereocenters. The van der Waals surface area contributed by atoms with Crippen molar-refractivity contribution in [3.8, 4) is 0 Å². The Balaban J connectivity index is 2.22. The fourth-order valence-electron chi connectivity index (χ4n) is 0.978. The number of primary sulfonamides is 1. The van der Waals surface area contributed by atoms with E-state index in [4.69, 9.17) is 17.4 Å². The lowest BCUT2D eigenvalue weighted by molar-refractivity contribution is 0.599. The number of pyridine rings is 1. The van der Waals surface area contributed by atoms with Crippen molar-refractivity contribution in [3.05, 3.63) is 30.1 Å². The number of nitrogens with two attached hydrogens (primary N) is 1. The van der Waals surface area contributed by atoms with Crippen molar-refractivity contribution in [1.82, 2.24) is 10.3 Å². The lowest BCUT2D eigenvalue weighted by atomic mass is 10.3. The number of hydrogen-bond acceptors (Lipinski definition) is 5. The first kappa shape index (κ1) is 14.4. The number of nitrogens with zero attached hydrogens (tertiary/aromatic N) is 1. The van der Waals surface area contributed by atoms with Crippen LogP contribution < -0.4 is 10.5 Å². The van der Waals surface area contributed by atoms with Crippen molar-refractivity contribution in [2.24, 2.45) is 5.14 Å². The van der Waals surface area contributed by atoms with Crippen LogP contribution in [0.25, 0.3) is 0 Å². The molecule has 8 heteroatoms. The number of nitrogens with one attached hydrogen (secondary N) is 1. The maximum atomic E-state index is 10.7. The van der Waals surface area contributed by atoms with Crippen LogP contribution in [0, 0.1) is 0 Å². The van der Waals surface area contributed by atoms with Crippen molar-refractivity contribution in [1.29, 1.82) is 0 Å². The third kappa shape index (κ3) is 7.27. The zero-order valence-electron chi connectivity index (χ0n) is 9.00. The van der Waals surface area contributed by atoms with Crippen molar-refractivity contribution in [2.75, 3.05) is 11.5 Å². The Hall–Kier alpha value is -0.700. The Morgan fingerprint density at radius 3 is 2.94 bits per heavy atom. The van der Waals surface area contributed by atoms with Gasteiger partial charge in [-0.05, 0) is 11.6 Å². The summed E-state index contributed by atoms with van der Waals surface area (Å²) in [6.45, 7) is 0.578. The molecule has 17 heavy (non-hydrogen) atoms. The Bertz CT molecular complexity index is 462. The van der Waals surface area contributed by atoms with Gasteiger partial charge in [0.05, 0.1) is 5.75 Å². The van der Waals surface area contributed by atoms with E-state index < -0.39 is 10.0 Å². The molecule has 0 aromatic carbocycles. The van der Waals surface area contributed by atoms with Crippen LogP contribution in [-0.2, 0) is 16.6 Å². The van der Waals surface area contributed by atoms with Crippen LogP contribution in [0.4, 0.5) is 0 Å². The van der Waals surface area contributed by atoms with E-state index in [1.54, 1.807) is 12.4 Å². The zero-order chi connectivity index (χ0) is 12.7. The maximum absolute atomic E-state index is 10.7. The number of rotatable bonds is 5. The quantitative estimate of drug-likeness (QED) is 0.768. The molecule has 3 N–H and O–H groups in total. The summed E-state index contributed by atoms with van der Waals surface area (Å²) in [5, 5.41) is 7.88. The summed E-state index contributed by atoms with van der Waals surface area (Å²) in [5.41, 5.74) is 1.02. The third-order valence-corrected chi connectivity index (χ3v) is 4.10. The van der Waals surface area contributed by atoms with Crippen LogP contribution in [0.1, 0.15) is 5.56 Å². The van der Waals surface area contributed by atoms with E-state index in [1.165, 1.54) is 11.8 Å². The Morgan fingerprint density at radius 1 is 1.59 bits per heavy atom. The molecule has 0 aliphatic rings. The zero-order valence-corrected chi connectivity index (χ0v) is 11.4. The first-order valence-electron chi connectivity index (χ1n) is 4.77. The van der Waals surface area contributed by atoms with Gasteiger partial charge in [0.2, 0.25) is 10.0 Å². The maximum Gasteiger partial charge on any atom is 0.209 e. The predicted octanol–water partition coefficient (Wildman–Crippen LogP) is 0.478. The Morgan fingerprint density at radius 2 is 2.35 bits per heavy atom. The van der Waals surface area contributed by atoms with E-state index in [2.05, 4.69) is 10.3 Å². The minimum atomic E-state index is -3.41. The molecule has 0 radical (unpaired) electrons. The highest BCUT2D eigenvalue weighted by Gasteiger charge is 2.04. The van der Waals surface area contributed by atoms with Crippen LogP contribution in [0.15, 0.2) is 24.5 Å². The van der Waals surface area contributed by atoms with Crippen LogP contribution >= 0.6 is 24.0 Å². The standard InChI is InChI=1S/C9H13N3O2S3/c10-17(13,14)5-4-16-9(15)12-7-8-2-1-3-11-6-8/h1-3,6H,4-5,7H2,(H,12,15)(H2,10,13,14). The van der Waals surface area contributed by atoms with Gasteiger partial charge in [0.15, 0.2) is 0 Å². The van der Waals surface area contributed by atoms with Crippen molar-refractivity contribution in [2.45, 2.75) is 6.54 Å². The van der Waals surface area contributed by atoms with Gasteiger partial charge in [0.25, 0.3) is 0 Å². The lowest BCUT2D eigenvalue weighted by Gasteiger charge is -2.06. The predicted molar refractivity (Wildman–Crippen MR) is 74.1 cm³/mol. The largest absolute Gasteiger partial charge is 0.367 e. The fraction of sp³-hybridized carbons (Fsp3) is 0.333. The van der Waals surface area contributed by atoms with Crippen molar-refractivity contribution in [3.63, 3.8) is 0 Å². The van der Waals surface area contributed by atoms with Crippen LogP contribution in [-0.4, -0.2) is 29.2 Å². The molecule has 5 nitrogen and oxygen atoms in total. The van der Waals surface area contributed by atoms with E-state index in [0.29, 0.717) is 16.6 Å². The van der Waals surface area contributed by atoms with Crippen LogP contribution in [0.2, 0.25) is 0 Å². The monoisotopic (exact) mass is 291 g/mol. The number of aromatic nitrogens is 1. The highest BCUT2D eigenvalue weighted by atomic mass is 32.2. The third-order valence-electron chi connectivity index (χ3n) is 1.76. The first-order valence-corrected chi connectivity index (χ1v) is 7.88. The summed E-state index contributed by atoms with van der Waals surface area (Å²) in [6, 6.07) is 3.77. The van der Waals surface area contributed by atoms with Gasteiger partial charge in [-0.25, -0.2) is 13.6 Å². The Kier molecular flexibility index (Phi) is 5.83. The van der Waals surface area contributed by atoms with Gasteiger partial charge in [-0.2, -0.15) is 0 Å². The molecule has 0 unspecified atom stereocenters. The van der Waals surface area contributed by atoms with E-state index >= 15 is 0 Å². The lowest BCUT2D eigenvalue weighted by Crippen LogP contribution is -2.22. The smallest absolute Gasteiger partial charge is 0.209 e. The second-order valence-electron chi connectivity index (χ2n) is 3.22. The molecule has 0 bridgehead atoms. The van der Waals surface area contributed by atoms with E-state index in [0.717, 1.165) is 5.56 Å². The van der Waals surface area contributed by atoms with Gasteiger partial charge in [-0.15, -0.1) is 0 Å². The normalized spacial score (nSPS) is 11.1. The molecule has 0 amide bonds. The second-order valence-corrected chi connectivity index (χ2v) is 6.72. The van der Waals surface area contributed by atoms with Gasteiger partial charge in [0, 0.05) is 24.7 Å². The van der Waals surface area contributed by atoms with Gasteiger partial charge in [-0.1, -0.05) is 30.0 Å². The summed E-state index contributed by atoms with van der Waals surface area (Å²) in [4.78, 5) is 3.97. The van der Waals surface area contributed by atoms with E-state index in [-0.39, 0.29) is 5.75 Å². The number of thiocarbonyl (C=S) groups is 1. The molecule has 0 saturated heterocycles. The molecule has 0 aliphatic carbocycles. The Labute approximate surface area is 110 Å². The second kappa shape index (κ2) is 6.90. The van der Waals surface area contributed by atoms with Gasteiger partial charge < -0.3 is 5.32 Å². The fourth-order valence-corrected chi connectivity index (χ4v) is 2.92. The molecule has 94 valence electrons. The molecule has 0 saturated carbocycles. The summed E-state index contributed by atoms with van der Waals surface area (Å²) in [5.74, 6) is 0.282. The number of hydrogen-bond donors (Lipinski definition) is 2. The molecule has 0 fully saturated rings. The summed E-state index contributed by atoms with van der Waals surface area (Å²) >= 11 is 6.30. The van der Waals surface area contributed by atoms with Crippen LogP contribution in [0.5, 0.6) is 0 Å². The molecular formula is C9H13N3O2S3. The number of sulfonamides is 1. The number of thioether (sulfide) groups is 1. The van der Waals surface area contributed by atoms with Crippen molar-refractivity contribution < 1.29 is 8.42 Å². The summed E-state index contributed by atoms with van der Waals surface area (Å²) < 4.78 is 21.9. The van der Waals surface area contributed by atoms with E-state index in [1.807, 2.05) is 12.1 Å². The van der Waals surface area contributed by atoms with E-state index in [9.17, 15) is 8.42 Å². The highest BCUT2D eigenvalue weighted by Crippen LogP contribution is 2.04. The van der Waals surface area contributed by atoms with Crippen molar-refractivity contribution >= 4 is 38.3 Å².